The Morgan fingerprint density at radius 1 is 1.44 bits per heavy atom. The fourth-order valence-electron chi connectivity index (χ4n) is 2.10. The molecule has 1 aliphatic heterocycles. The van der Waals surface area contributed by atoms with Crippen molar-refractivity contribution in [1.82, 2.24) is 29.9 Å². The number of aromatic nitrogens is 5. The number of imidazole rings is 1. The minimum atomic E-state index is 0.0944. The number of ether oxygens (including phenoxy) is 1. The van der Waals surface area contributed by atoms with Crippen molar-refractivity contribution in [2.75, 3.05) is 19.7 Å². The Morgan fingerprint density at radius 3 is 3.22 bits per heavy atom. The Bertz CT molecular complexity index is 473. The molecular formula is C11H16N6O. The van der Waals surface area contributed by atoms with Gasteiger partial charge in [-0.1, -0.05) is 5.21 Å². The highest BCUT2D eigenvalue weighted by Gasteiger charge is 2.19. The topological polar surface area (TPSA) is 69.8 Å². The Hall–Kier alpha value is -1.73. The maximum Gasteiger partial charge on any atom is 0.111 e. The van der Waals surface area contributed by atoms with E-state index in [0.29, 0.717) is 0 Å². The van der Waals surface area contributed by atoms with Crippen LogP contribution in [0.15, 0.2) is 24.9 Å². The van der Waals surface area contributed by atoms with Crippen LogP contribution in [-0.2, 0) is 17.8 Å². The summed E-state index contributed by atoms with van der Waals surface area (Å²) in [5, 5.41) is 11.1. The van der Waals surface area contributed by atoms with Gasteiger partial charge in [-0.05, 0) is 0 Å². The van der Waals surface area contributed by atoms with Gasteiger partial charge in [0.25, 0.3) is 0 Å². The minimum absolute atomic E-state index is 0.0944. The lowest BCUT2D eigenvalue weighted by Crippen LogP contribution is -2.34. The van der Waals surface area contributed by atoms with Crippen molar-refractivity contribution in [3.05, 3.63) is 30.6 Å². The van der Waals surface area contributed by atoms with Crippen LogP contribution in [0.1, 0.15) is 11.8 Å². The molecule has 0 aromatic carbocycles. The van der Waals surface area contributed by atoms with Gasteiger partial charge >= 0.3 is 0 Å². The summed E-state index contributed by atoms with van der Waals surface area (Å²) in [7, 11) is 0. The van der Waals surface area contributed by atoms with E-state index in [1.807, 2.05) is 23.4 Å². The molecule has 0 amide bonds. The lowest BCUT2D eigenvalue weighted by molar-refractivity contribution is 0.0226. The van der Waals surface area contributed by atoms with Gasteiger partial charge in [-0.2, -0.15) is 0 Å². The third-order valence-corrected chi connectivity index (χ3v) is 3.04. The minimum Gasteiger partial charge on any atom is -0.369 e. The number of hydrogen-bond acceptors (Lipinski definition) is 5. The van der Waals surface area contributed by atoms with E-state index in [2.05, 4.69) is 25.2 Å². The molecule has 0 radical (unpaired) electrons. The lowest BCUT2D eigenvalue weighted by Gasteiger charge is -2.24. The molecule has 2 aromatic rings. The first-order valence-electron chi connectivity index (χ1n) is 6.10. The highest BCUT2D eigenvalue weighted by Crippen LogP contribution is 2.18. The molecule has 1 saturated heterocycles. The van der Waals surface area contributed by atoms with Crippen LogP contribution in [0.5, 0.6) is 0 Å². The van der Waals surface area contributed by atoms with Crippen LogP contribution in [0.3, 0.4) is 0 Å². The SMILES string of the molecule is c1cn(CCn2cncc2C2CNCCO2)nn1. The fourth-order valence-corrected chi connectivity index (χ4v) is 2.10. The van der Waals surface area contributed by atoms with E-state index in [1.165, 1.54) is 0 Å². The lowest BCUT2D eigenvalue weighted by atomic mass is 10.2. The van der Waals surface area contributed by atoms with Crippen LogP contribution in [-0.4, -0.2) is 44.2 Å². The van der Waals surface area contributed by atoms with Gasteiger partial charge in [0.05, 0.1) is 37.6 Å². The van der Waals surface area contributed by atoms with Gasteiger partial charge in [-0.3, -0.25) is 4.68 Å². The molecular weight excluding hydrogens is 232 g/mol. The van der Waals surface area contributed by atoms with Gasteiger partial charge in [0.15, 0.2) is 0 Å². The van der Waals surface area contributed by atoms with E-state index >= 15 is 0 Å². The molecule has 0 aliphatic carbocycles. The largest absolute Gasteiger partial charge is 0.369 e. The molecule has 1 aliphatic rings. The van der Waals surface area contributed by atoms with E-state index in [9.17, 15) is 0 Å². The van der Waals surface area contributed by atoms with E-state index < -0.39 is 0 Å². The van der Waals surface area contributed by atoms with Crippen molar-refractivity contribution >= 4 is 0 Å². The second-order valence-electron chi connectivity index (χ2n) is 4.24. The Labute approximate surface area is 105 Å². The first-order valence-corrected chi connectivity index (χ1v) is 6.10. The number of nitrogens with one attached hydrogen (secondary N) is 1. The molecule has 96 valence electrons. The molecule has 3 heterocycles. The third-order valence-electron chi connectivity index (χ3n) is 3.04. The van der Waals surface area contributed by atoms with Crippen molar-refractivity contribution in [2.24, 2.45) is 0 Å². The number of rotatable bonds is 4. The quantitative estimate of drug-likeness (QED) is 0.814. The van der Waals surface area contributed by atoms with Gasteiger partial charge in [-0.15, -0.1) is 5.10 Å². The zero-order valence-electron chi connectivity index (χ0n) is 10.1. The number of aryl methyl sites for hydroxylation is 2. The predicted octanol–water partition coefficient (Wildman–Crippen LogP) is -0.164. The van der Waals surface area contributed by atoms with Crippen LogP contribution < -0.4 is 5.32 Å². The summed E-state index contributed by atoms with van der Waals surface area (Å²) in [5.41, 5.74) is 1.11. The van der Waals surface area contributed by atoms with Crippen molar-refractivity contribution in [3.8, 4) is 0 Å². The molecule has 0 spiro atoms. The highest BCUT2D eigenvalue weighted by atomic mass is 16.5. The van der Waals surface area contributed by atoms with Crippen LogP contribution in [0.2, 0.25) is 0 Å². The van der Waals surface area contributed by atoms with Gasteiger partial charge in [-0.25, -0.2) is 4.98 Å². The molecule has 7 nitrogen and oxygen atoms in total. The molecule has 18 heavy (non-hydrogen) atoms. The molecule has 1 fully saturated rings. The van der Waals surface area contributed by atoms with Crippen molar-refractivity contribution in [2.45, 2.75) is 19.2 Å². The fraction of sp³-hybridized carbons (Fsp3) is 0.545. The zero-order chi connectivity index (χ0) is 12.2. The maximum atomic E-state index is 5.74. The Kier molecular flexibility index (Phi) is 3.33. The molecule has 3 rings (SSSR count). The Balaban J connectivity index is 1.67. The molecule has 1 N–H and O–H groups in total. The van der Waals surface area contributed by atoms with Crippen LogP contribution >= 0.6 is 0 Å². The van der Waals surface area contributed by atoms with E-state index in [1.54, 1.807) is 6.20 Å². The summed E-state index contributed by atoms with van der Waals surface area (Å²) < 4.78 is 9.66. The normalized spacial score (nSPS) is 20.1. The van der Waals surface area contributed by atoms with Gasteiger partial charge in [0, 0.05) is 25.8 Å². The van der Waals surface area contributed by atoms with E-state index in [0.717, 1.165) is 38.5 Å². The van der Waals surface area contributed by atoms with Crippen molar-refractivity contribution in [3.63, 3.8) is 0 Å². The standard InChI is InChI=1S/C11H16N6O/c1-3-17(15-14-1)5-4-16-9-13-7-10(16)11-8-12-2-6-18-11/h1,3,7,9,11-12H,2,4-6,8H2. The smallest absolute Gasteiger partial charge is 0.111 e. The average molecular weight is 248 g/mol. The highest BCUT2D eigenvalue weighted by molar-refractivity contribution is 5.04. The molecule has 2 aromatic heterocycles. The number of morpholine rings is 1. The number of hydrogen-bond donors (Lipinski definition) is 1. The summed E-state index contributed by atoms with van der Waals surface area (Å²) in [6, 6.07) is 0. The van der Waals surface area contributed by atoms with Crippen molar-refractivity contribution < 1.29 is 4.74 Å². The summed E-state index contributed by atoms with van der Waals surface area (Å²) in [6.07, 6.45) is 7.35. The first-order chi connectivity index (χ1) is 8.93. The Morgan fingerprint density at radius 2 is 2.44 bits per heavy atom. The average Bonchev–Trinajstić information content (AvgIpc) is 3.09. The summed E-state index contributed by atoms with van der Waals surface area (Å²) in [5.74, 6) is 0. The van der Waals surface area contributed by atoms with Crippen LogP contribution in [0.25, 0.3) is 0 Å². The molecule has 1 atom stereocenters. The maximum absolute atomic E-state index is 5.74. The van der Waals surface area contributed by atoms with Crippen LogP contribution in [0, 0.1) is 0 Å². The first kappa shape index (κ1) is 11.4. The summed E-state index contributed by atoms with van der Waals surface area (Å²) >= 11 is 0. The molecule has 0 bridgehead atoms. The molecule has 1 unspecified atom stereocenters. The number of nitrogens with zero attached hydrogens (tertiary/aromatic N) is 5. The monoisotopic (exact) mass is 248 g/mol. The van der Waals surface area contributed by atoms with Crippen molar-refractivity contribution in [1.29, 1.82) is 0 Å². The summed E-state index contributed by atoms with van der Waals surface area (Å²) in [4.78, 5) is 4.21. The van der Waals surface area contributed by atoms with Gasteiger partial charge in [0.2, 0.25) is 0 Å². The van der Waals surface area contributed by atoms with E-state index in [4.69, 9.17) is 4.74 Å². The zero-order valence-corrected chi connectivity index (χ0v) is 10.1. The third kappa shape index (κ3) is 2.41. The van der Waals surface area contributed by atoms with Gasteiger partial charge < -0.3 is 14.6 Å². The molecule has 0 saturated carbocycles. The second-order valence-corrected chi connectivity index (χ2v) is 4.24. The summed E-state index contributed by atoms with van der Waals surface area (Å²) in [6.45, 7) is 4.11. The molecule has 7 heteroatoms. The predicted molar refractivity (Wildman–Crippen MR) is 63.8 cm³/mol. The van der Waals surface area contributed by atoms with E-state index in [-0.39, 0.29) is 6.10 Å². The van der Waals surface area contributed by atoms with Crippen LogP contribution in [0.4, 0.5) is 0 Å². The van der Waals surface area contributed by atoms with Gasteiger partial charge in [0.1, 0.15) is 6.10 Å². The second kappa shape index (κ2) is 5.28.